The summed E-state index contributed by atoms with van der Waals surface area (Å²) in [5, 5.41) is 9.84. The molecule has 2 saturated carbocycles. The molecule has 90 valence electrons. The fourth-order valence-electron chi connectivity index (χ4n) is 3.87. The van der Waals surface area contributed by atoms with E-state index < -0.39 is 0 Å². The van der Waals surface area contributed by atoms with E-state index >= 15 is 0 Å². The summed E-state index contributed by atoms with van der Waals surface area (Å²) in [4.78, 5) is 14.0. The molecule has 1 N–H and O–H groups in total. The molecule has 0 amide bonds. The Labute approximate surface area is 96.8 Å². The van der Waals surface area contributed by atoms with Crippen molar-refractivity contribution in [1.82, 2.24) is 4.90 Å². The quantitative estimate of drug-likeness (QED) is 0.761. The zero-order chi connectivity index (χ0) is 11.1. The lowest BCUT2D eigenvalue weighted by Gasteiger charge is -2.20. The van der Waals surface area contributed by atoms with Gasteiger partial charge in [-0.15, -0.1) is 0 Å². The van der Waals surface area contributed by atoms with Gasteiger partial charge < -0.3 is 10.0 Å². The van der Waals surface area contributed by atoms with Gasteiger partial charge in [0.05, 0.1) is 6.10 Å². The van der Waals surface area contributed by atoms with Crippen LogP contribution in [0.5, 0.6) is 0 Å². The molecule has 2 aliphatic carbocycles. The van der Waals surface area contributed by atoms with Gasteiger partial charge in [-0.1, -0.05) is 0 Å². The first-order chi connectivity index (χ1) is 7.74. The summed E-state index contributed by atoms with van der Waals surface area (Å²) in [6.45, 7) is 3.10. The summed E-state index contributed by atoms with van der Waals surface area (Å²) in [5.74, 6) is 1.97. The van der Waals surface area contributed by atoms with Crippen LogP contribution in [-0.4, -0.2) is 41.5 Å². The molecule has 3 heteroatoms. The fourth-order valence-corrected chi connectivity index (χ4v) is 3.87. The van der Waals surface area contributed by atoms with Gasteiger partial charge in [0.25, 0.3) is 0 Å². The van der Waals surface area contributed by atoms with Gasteiger partial charge in [-0.25, -0.2) is 0 Å². The van der Waals surface area contributed by atoms with Crippen LogP contribution in [0.25, 0.3) is 0 Å². The van der Waals surface area contributed by atoms with E-state index in [1.165, 1.54) is 6.42 Å². The van der Waals surface area contributed by atoms with Crippen LogP contribution in [0.2, 0.25) is 0 Å². The van der Waals surface area contributed by atoms with Crippen molar-refractivity contribution in [3.63, 3.8) is 0 Å². The van der Waals surface area contributed by atoms with Gasteiger partial charge in [0.2, 0.25) is 0 Å². The van der Waals surface area contributed by atoms with Crippen molar-refractivity contribution in [1.29, 1.82) is 0 Å². The molecular weight excluding hydrogens is 202 g/mol. The molecule has 1 saturated heterocycles. The summed E-state index contributed by atoms with van der Waals surface area (Å²) in [6.07, 6.45) is 5.08. The minimum atomic E-state index is -0.0747. The molecule has 3 aliphatic rings. The molecule has 0 spiro atoms. The first-order valence-corrected chi connectivity index (χ1v) is 6.67. The maximum absolute atomic E-state index is 11.6. The normalized spacial score (nSPS) is 44.2. The Hall–Kier alpha value is -0.410. The van der Waals surface area contributed by atoms with E-state index in [-0.39, 0.29) is 6.10 Å². The Morgan fingerprint density at radius 1 is 1.25 bits per heavy atom. The number of aliphatic hydroxyl groups is 1. The second kappa shape index (κ2) is 4.11. The minimum absolute atomic E-state index is 0.0747. The fraction of sp³-hybridized carbons (Fsp3) is 0.923. The van der Waals surface area contributed by atoms with Crippen molar-refractivity contribution in [3.05, 3.63) is 0 Å². The average molecular weight is 223 g/mol. The molecule has 1 aliphatic heterocycles. The van der Waals surface area contributed by atoms with Crippen LogP contribution in [0.15, 0.2) is 0 Å². The van der Waals surface area contributed by atoms with Crippen molar-refractivity contribution in [2.75, 3.05) is 19.6 Å². The lowest BCUT2D eigenvalue weighted by Crippen LogP contribution is -2.31. The third kappa shape index (κ3) is 1.80. The molecular formula is C13H21NO2. The molecule has 0 aromatic rings. The Morgan fingerprint density at radius 2 is 2.12 bits per heavy atom. The zero-order valence-electron chi connectivity index (χ0n) is 9.77. The Balaban J connectivity index is 1.56. The van der Waals surface area contributed by atoms with Crippen molar-refractivity contribution in [2.24, 2.45) is 17.8 Å². The van der Waals surface area contributed by atoms with Gasteiger partial charge in [0.1, 0.15) is 5.78 Å². The van der Waals surface area contributed by atoms with Gasteiger partial charge in [-0.2, -0.15) is 0 Å². The molecule has 4 atom stereocenters. The Bertz CT molecular complexity index is 292. The van der Waals surface area contributed by atoms with Gasteiger partial charge in [-0.3, -0.25) is 4.79 Å². The number of carbonyl (C=O) groups excluding carboxylic acids is 1. The monoisotopic (exact) mass is 223 g/mol. The Kier molecular flexibility index (Phi) is 2.76. The summed E-state index contributed by atoms with van der Waals surface area (Å²) >= 11 is 0. The van der Waals surface area contributed by atoms with E-state index in [1.54, 1.807) is 0 Å². The minimum Gasteiger partial charge on any atom is -0.393 e. The zero-order valence-corrected chi connectivity index (χ0v) is 9.77. The molecule has 0 radical (unpaired) electrons. The summed E-state index contributed by atoms with van der Waals surface area (Å²) in [7, 11) is 0. The topological polar surface area (TPSA) is 40.5 Å². The summed E-state index contributed by atoms with van der Waals surface area (Å²) < 4.78 is 0. The van der Waals surface area contributed by atoms with E-state index in [4.69, 9.17) is 0 Å². The highest BCUT2D eigenvalue weighted by Gasteiger charge is 2.42. The number of Topliss-reactive ketones (excluding diaryl/α,β-unsaturated/α-hetero) is 1. The largest absolute Gasteiger partial charge is 0.393 e. The van der Waals surface area contributed by atoms with Gasteiger partial charge in [-0.05, 0) is 31.6 Å². The number of rotatable bonds is 2. The van der Waals surface area contributed by atoms with Crippen LogP contribution in [0.3, 0.4) is 0 Å². The molecule has 0 aromatic carbocycles. The van der Waals surface area contributed by atoms with Crippen LogP contribution in [-0.2, 0) is 4.79 Å². The summed E-state index contributed by atoms with van der Waals surface area (Å²) in [5.41, 5.74) is 0. The van der Waals surface area contributed by atoms with Crippen molar-refractivity contribution in [2.45, 2.75) is 38.2 Å². The maximum Gasteiger partial charge on any atom is 0.137 e. The number of carbonyl (C=O) groups is 1. The molecule has 0 aromatic heterocycles. The number of hydrogen-bond donors (Lipinski definition) is 1. The van der Waals surface area contributed by atoms with E-state index in [0.29, 0.717) is 23.5 Å². The van der Waals surface area contributed by atoms with E-state index in [2.05, 4.69) is 4.90 Å². The van der Waals surface area contributed by atoms with E-state index in [1.807, 2.05) is 0 Å². The first kappa shape index (κ1) is 10.7. The third-order valence-electron chi connectivity index (χ3n) is 4.80. The second-order valence-corrected chi connectivity index (χ2v) is 5.84. The van der Waals surface area contributed by atoms with Crippen LogP contribution < -0.4 is 0 Å². The Morgan fingerprint density at radius 3 is 2.81 bits per heavy atom. The molecule has 0 bridgehead atoms. The molecule has 3 rings (SSSR count). The predicted molar refractivity (Wildman–Crippen MR) is 61.0 cm³/mol. The van der Waals surface area contributed by atoms with Crippen LogP contribution in [0.4, 0.5) is 0 Å². The highest BCUT2D eigenvalue weighted by atomic mass is 16.3. The number of nitrogens with zero attached hydrogens (tertiary/aromatic N) is 1. The van der Waals surface area contributed by atoms with Gasteiger partial charge >= 0.3 is 0 Å². The number of likely N-dealkylation sites (tertiary alicyclic amines) is 1. The van der Waals surface area contributed by atoms with E-state index in [9.17, 15) is 9.90 Å². The lowest BCUT2D eigenvalue weighted by molar-refractivity contribution is -0.121. The van der Waals surface area contributed by atoms with Crippen LogP contribution in [0.1, 0.15) is 32.1 Å². The molecule has 3 fully saturated rings. The predicted octanol–water partition coefficient (Wildman–Crippen LogP) is 1.06. The van der Waals surface area contributed by atoms with Crippen molar-refractivity contribution >= 4 is 5.78 Å². The smallest absolute Gasteiger partial charge is 0.137 e. The average Bonchev–Trinajstić information content (AvgIpc) is 2.90. The number of fused-ring (bicyclic) bond motifs is 1. The number of ketones is 1. The maximum atomic E-state index is 11.6. The SMILES string of the molecule is O=C1CCCC1CN1CC2CCC(O)C2C1. The number of hydrogen-bond acceptors (Lipinski definition) is 3. The van der Waals surface area contributed by atoms with Crippen molar-refractivity contribution in [3.8, 4) is 0 Å². The van der Waals surface area contributed by atoms with Crippen LogP contribution in [0, 0.1) is 17.8 Å². The molecule has 1 heterocycles. The third-order valence-corrected chi connectivity index (χ3v) is 4.80. The lowest BCUT2D eigenvalue weighted by atomic mass is 10.00. The highest BCUT2D eigenvalue weighted by molar-refractivity contribution is 5.83. The van der Waals surface area contributed by atoms with Gasteiger partial charge in [0.15, 0.2) is 0 Å². The van der Waals surface area contributed by atoms with Gasteiger partial charge in [0, 0.05) is 37.9 Å². The highest BCUT2D eigenvalue weighted by Crippen LogP contribution is 2.38. The molecule has 3 nitrogen and oxygen atoms in total. The molecule has 4 unspecified atom stereocenters. The van der Waals surface area contributed by atoms with E-state index in [0.717, 1.165) is 45.3 Å². The van der Waals surface area contributed by atoms with Crippen molar-refractivity contribution < 1.29 is 9.90 Å². The standard InChI is InChI=1S/C13H21NO2/c15-12-3-1-2-10(12)7-14-6-9-4-5-13(16)11(9)8-14/h9-11,13,16H,1-8H2. The first-order valence-electron chi connectivity index (χ1n) is 6.67. The summed E-state index contributed by atoms with van der Waals surface area (Å²) in [6, 6.07) is 0. The molecule has 16 heavy (non-hydrogen) atoms. The number of aliphatic hydroxyl groups excluding tert-OH is 1. The second-order valence-electron chi connectivity index (χ2n) is 5.84. The van der Waals surface area contributed by atoms with Crippen LogP contribution >= 0.6 is 0 Å².